The first-order valence-electron chi connectivity index (χ1n) is 7.73. The number of benzene rings is 1. The lowest BCUT2D eigenvalue weighted by atomic mass is 10.1. The molecule has 0 aliphatic carbocycles. The number of amides is 4. The van der Waals surface area contributed by atoms with Crippen LogP contribution in [0.15, 0.2) is 24.3 Å². The summed E-state index contributed by atoms with van der Waals surface area (Å²) in [5, 5.41) is 4.89. The monoisotopic (exact) mass is 402 g/mol. The summed E-state index contributed by atoms with van der Waals surface area (Å²) in [4.78, 5) is 48.5. The summed E-state index contributed by atoms with van der Waals surface area (Å²) in [6, 6.07) is 5.07. The topological polar surface area (TPSA) is 122 Å². The number of para-hydroxylation sites is 1. The van der Waals surface area contributed by atoms with Gasteiger partial charge in [0.25, 0.3) is 5.91 Å². The van der Waals surface area contributed by atoms with Gasteiger partial charge in [0.05, 0.1) is 17.7 Å². The first-order chi connectivity index (χ1) is 12.4. The maximum atomic E-state index is 12.7. The van der Waals surface area contributed by atoms with Gasteiger partial charge in [-0.3, -0.25) is 19.2 Å². The van der Waals surface area contributed by atoms with Crippen LogP contribution in [0.1, 0.15) is 16.8 Å². The molecule has 4 amide bonds. The number of alkyl halides is 2. The number of primary amides is 1. The molecular weight excluding hydrogens is 383 g/mol. The molecule has 4 N–H and O–H groups in total. The molecule has 8 nitrogen and oxygen atoms in total. The second-order valence-electron chi connectivity index (χ2n) is 5.21. The van der Waals surface area contributed by atoms with Crippen LogP contribution in [0, 0.1) is 0 Å². The van der Waals surface area contributed by atoms with Gasteiger partial charge in [0.15, 0.2) is 0 Å². The van der Waals surface area contributed by atoms with Crippen molar-refractivity contribution < 1.29 is 19.2 Å². The summed E-state index contributed by atoms with van der Waals surface area (Å²) in [5.41, 5.74) is 5.61. The maximum absolute atomic E-state index is 12.7. The van der Waals surface area contributed by atoms with E-state index in [9.17, 15) is 19.2 Å². The number of hydrogen-bond acceptors (Lipinski definition) is 4. The van der Waals surface area contributed by atoms with Crippen LogP contribution >= 0.6 is 23.2 Å². The zero-order chi connectivity index (χ0) is 19.5. The fourth-order valence-corrected chi connectivity index (χ4v) is 2.67. The predicted octanol–water partition coefficient (Wildman–Crippen LogP) is 0.535. The average Bonchev–Trinajstić information content (AvgIpc) is 2.60. The van der Waals surface area contributed by atoms with Crippen LogP contribution < -0.4 is 16.4 Å². The van der Waals surface area contributed by atoms with Crippen LogP contribution in [0.3, 0.4) is 0 Å². The largest absolute Gasteiger partial charge is 0.370 e. The summed E-state index contributed by atoms with van der Waals surface area (Å²) in [5.74, 6) is -1.55. The highest BCUT2D eigenvalue weighted by atomic mass is 35.5. The number of anilines is 1. The molecule has 26 heavy (non-hydrogen) atoms. The Labute approximate surface area is 161 Å². The summed E-state index contributed by atoms with van der Waals surface area (Å²) >= 11 is 11.4. The van der Waals surface area contributed by atoms with Crippen LogP contribution in [-0.2, 0) is 14.4 Å². The Morgan fingerprint density at radius 3 is 2.31 bits per heavy atom. The third kappa shape index (κ3) is 6.53. The summed E-state index contributed by atoms with van der Waals surface area (Å²) in [6.07, 6.45) is 0.0513. The minimum absolute atomic E-state index is 0.142. The molecule has 10 heteroatoms. The van der Waals surface area contributed by atoms with E-state index in [0.717, 1.165) is 0 Å². The Morgan fingerprint density at radius 2 is 1.77 bits per heavy atom. The van der Waals surface area contributed by atoms with E-state index in [4.69, 9.17) is 28.9 Å². The van der Waals surface area contributed by atoms with Crippen molar-refractivity contribution in [3.05, 3.63) is 29.8 Å². The summed E-state index contributed by atoms with van der Waals surface area (Å²) in [6.45, 7) is 0.420. The van der Waals surface area contributed by atoms with E-state index in [0.29, 0.717) is 6.41 Å². The number of nitrogens with one attached hydrogen (secondary N) is 2. The second-order valence-corrected chi connectivity index (χ2v) is 5.96. The third-order valence-corrected chi connectivity index (χ3v) is 3.75. The van der Waals surface area contributed by atoms with E-state index in [2.05, 4.69) is 10.6 Å². The SMILES string of the molecule is NC(=O)C[C@H](NC(=O)c1ccccc1NC=O)C(=O)N(CCCl)CCCl. The zero-order valence-corrected chi connectivity index (χ0v) is 15.4. The molecule has 0 spiro atoms. The zero-order valence-electron chi connectivity index (χ0n) is 13.9. The molecule has 1 atom stereocenters. The smallest absolute Gasteiger partial charge is 0.254 e. The number of carbonyl (C=O) groups is 4. The van der Waals surface area contributed by atoms with Crippen molar-refractivity contribution in [2.24, 2.45) is 5.73 Å². The lowest BCUT2D eigenvalue weighted by molar-refractivity contribution is -0.135. The molecule has 0 aliphatic rings. The molecular formula is C16H20Cl2N4O4. The number of nitrogens with zero attached hydrogens (tertiary/aromatic N) is 1. The predicted molar refractivity (Wildman–Crippen MR) is 99.2 cm³/mol. The van der Waals surface area contributed by atoms with Gasteiger partial charge < -0.3 is 21.3 Å². The molecule has 0 unspecified atom stereocenters. The van der Waals surface area contributed by atoms with Crippen molar-refractivity contribution in [3.63, 3.8) is 0 Å². The number of hydrogen-bond donors (Lipinski definition) is 3. The van der Waals surface area contributed by atoms with Crippen LogP contribution in [0.25, 0.3) is 0 Å². The van der Waals surface area contributed by atoms with E-state index in [1.165, 1.54) is 17.0 Å². The highest BCUT2D eigenvalue weighted by Crippen LogP contribution is 2.15. The van der Waals surface area contributed by atoms with E-state index >= 15 is 0 Å². The van der Waals surface area contributed by atoms with Crippen molar-refractivity contribution in [3.8, 4) is 0 Å². The number of halogens is 2. The first kappa shape index (κ1) is 21.7. The summed E-state index contributed by atoms with van der Waals surface area (Å²) in [7, 11) is 0. The molecule has 0 radical (unpaired) electrons. The van der Waals surface area contributed by atoms with Crippen LogP contribution in [0.5, 0.6) is 0 Å². The standard InChI is InChI=1S/C16H20Cl2N4O4/c17-5-7-22(8-6-18)16(26)13(9-14(19)24)21-15(25)11-3-1-2-4-12(11)20-10-23/h1-4,10,13H,5-9H2,(H2,19,24)(H,20,23)(H,21,25)/t13-/m0/s1. The van der Waals surface area contributed by atoms with Gasteiger partial charge in [-0.2, -0.15) is 0 Å². The molecule has 0 saturated heterocycles. The van der Waals surface area contributed by atoms with Gasteiger partial charge in [-0.1, -0.05) is 12.1 Å². The van der Waals surface area contributed by atoms with E-state index < -0.39 is 23.8 Å². The third-order valence-electron chi connectivity index (χ3n) is 3.42. The van der Waals surface area contributed by atoms with E-state index in [1.54, 1.807) is 12.1 Å². The summed E-state index contributed by atoms with van der Waals surface area (Å²) < 4.78 is 0. The van der Waals surface area contributed by atoms with Crippen molar-refractivity contribution in [2.75, 3.05) is 30.2 Å². The Kier molecular flexibility index (Phi) is 9.46. The quantitative estimate of drug-likeness (QED) is 0.369. The highest BCUT2D eigenvalue weighted by molar-refractivity contribution is 6.18. The molecule has 142 valence electrons. The Balaban J connectivity index is 3.03. The Bertz CT molecular complexity index is 651. The maximum Gasteiger partial charge on any atom is 0.254 e. The minimum Gasteiger partial charge on any atom is -0.370 e. The van der Waals surface area contributed by atoms with Crippen molar-refractivity contribution in [2.45, 2.75) is 12.5 Å². The van der Waals surface area contributed by atoms with E-state index in [1.807, 2.05) is 0 Å². The Hall–Kier alpha value is -2.32. The molecule has 0 bridgehead atoms. The van der Waals surface area contributed by atoms with Crippen LogP contribution in [-0.4, -0.2) is 59.9 Å². The fourth-order valence-electron chi connectivity index (χ4n) is 2.26. The molecule has 0 aromatic heterocycles. The van der Waals surface area contributed by atoms with Gasteiger partial charge >= 0.3 is 0 Å². The normalized spacial score (nSPS) is 11.3. The number of rotatable bonds is 11. The van der Waals surface area contributed by atoms with Gasteiger partial charge in [0.2, 0.25) is 18.2 Å². The molecule has 1 rings (SSSR count). The van der Waals surface area contributed by atoms with Crippen molar-refractivity contribution in [1.29, 1.82) is 0 Å². The molecule has 1 aromatic carbocycles. The van der Waals surface area contributed by atoms with Gasteiger partial charge in [0.1, 0.15) is 6.04 Å². The lowest BCUT2D eigenvalue weighted by Crippen LogP contribution is -2.51. The van der Waals surface area contributed by atoms with Crippen LogP contribution in [0.4, 0.5) is 5.69 Å². The fraction of sp³-hybridized carbons (Fsp3) is 0.375. The Morgan fingerprint density at radius 1 is 1.15 bits per heavy atom. The van der Waals surface area contributed by atoms with Gasteiger partial charge in [-0.25, -0.2) is 0 Å². The lowest BCUT2D eigenvalue weighted by Gasteiger charge is -2.26. The number of nitrogens with two attached hydrogens (primary N) is 1. The van der Waals surface area contributed by atoms with Gasteiger partial charge in [-0.15, -0.1) is 23.2 Å². The van der Waals surface area contributed by atoms with Crippen LogP contribution in [0.2, 0.25) is 0 Å². The van der Waals surface area contributed by atoms with Crippen molar-refractivity contribution >= 4 is 53.0 Å². The second kappa shape index (κ2) is 11.3. The highest BCUT2D eigenvalue weighted by Gasteiger charge is 2.28. The molecule has 0 aliphatic heterocycles. The van der Waals surface area contributed by atoms with Gasteiger partial charge in [-0.05, 0) is 12.1 Å². The minimum atomic E-state index is -1.17. The molecule has 1 aromatic rings. The first-order valence-corrected chi connectivity index (χ1v) is 8.80. The molecule has 0 heterocycles. The average molecular weight is 403 g/mol. The van der Waals surface area contributed by atoms with E-state index in [-0.39, 0.29) is 42.5 Å². The van der Waals surface area contributed by atoms with Crippen molar-refractivity contribution in [1.82, 2.24) is 10.2 Å². The van der Waals surface area contributed by atoms with Gasteiger partial charge in [0, 0.05) is 24.8 Å². The number of carbonyl (C=O) groups excluding carboxylic acids is 4. The molecule has 0 fully saturated rings. The molecule has 0 saturated carbocycles.